The van der Waals surface area contributed by atoms with E-state index in [-0.39, 0.29) is 5.91 Å². The fourth-order valence-electron chi connectivity index (χ4n) is 3.82. The van der Waals surface area contributed by atoms with E-state index in [4.69, 9.17) is 26.2 Å². The van der Waals surface area contributed by atoms with E-state index in [1.165, 1.54) is 0 Å². The van der Waals surface area contributed by atoms with Crippen LogP contribution in [0.4, 0.5) is 0 Å². The summed E-state index contributed by atoms with van der Waals surface area (Å²) < 4.78 is 14.3. The van der Waals surface area contributed by atoms with Crippen molar-refractivity contribution in [2.24, 2.45) is 7.05 Å². The lowest BCUT2D eigenvalue weighted by Crippen LogP contribution is -2.30. The lowest BCUT2D eigenvalue weighted by Gasteiger charge is -2.18. The number of ether oxygens (including phenoxy) is 2. The minimum Gasteiger partial charge on any atom is -0.493 e. The van der Waals surface area contributed by atoms with Gasteiger partial charge in [-0.25, -0.2) is 4.68 Å². The zero-order chi connectivity index (χ0) is 24.2. The maximum Gasteiger partial charge on any atom is 0.272 e. The van der Waals surface area contributed by atoms with Crippen LogP contribution >= 0.6 is 11.6 Å². The van der Waals surface area contributed by atoms with Gasteiger partial charge in [0.15, 0.2) is 11.5 Å². The van der Waals surface area contributed by atoms with Crippen molar-refractivity contribution in [1.82, 2.24) is 19.2 Å². The number of nitrogens with zero attached hydrogens (tertiary/aromatic N) is 4. The zero-order valence-corrected chi connectivity index (χ0v) is 20.4. The van der Waals surface area contributed by atoms with Crippen LogP contribution in [0.25, 0.3) is 17.1 Å². The molecule has 4 aromatic rings. The monoisotopic (exact) mass is 478 g/mol. The number of aryl methyl sites for hydroxylation is 1. The van der Waals surface area contributed by atoms with E-state index < -0.39 is 0 Å². The predicted molar refractivity (Wildman–Crippen MR) is 133 cm³/mol. The van der Waals surface area contributed by atoms with Crippen LogP contribution in [0.5, 0.6) is 11.5 Å². The third kappa shape index (κ3) is 4.79. The molecule has 0 fully saturated rings. The molecule has 0 aliphatic carbocycles. The summed E-state index contributed by atoms with van der Waals surface area (Å²) in [5.74, 6) is 1.21. The van der Waals surface area contributed by atoms with Crippen LogP contribution in [0, 0.1) is 0 Å². The number of rotatable bonds is 8. The second-order valence-corrected chi connectivity index (χ2v) is 8.41. The molecule has 2 aromatic heterocycles. The Morgan fingerprint density at radius 1 is 1.03 bits per heavy atom. The lowest BCUT2D eigenvalue weighted by molar-refractivity contribution is 0.0787. The number of likely N-dealkylation sites (N-methyl/N-ethyl adjacent to an activating group) is 1. The van der Waals surface area contributed by atoms with Crippen LogP contribution in [0.2, 0.25) is 5.02 Å². The smallest absolute Gasteiger partial charge is 0.272 e. The normalized spacial score (nSPS) is 10.9. The molecule has 0 spiro atoms. The van der Waals surface area contributed by atoms with Gasteiger partial charge in [0.05, 0.1) is 25.6 Å². The maximum absolute atomic E-state index is 13.5. The van der Waals surface area contributed by atoms with Crippen molar-refractivity contribution in [2.75, 3.05) is 27.8 Å². The molecule has 1 amide bonds. The van der Waals surface area contributed by atoms with Crippen LogP contribution in [0.3, 0.4) is 0 Å². The van der Waals surface area contributed by atoms with E-state index >= 15 is 0 Å². The quantitative estimate of drug-likeness (QED) is 0.363. The molecule has 0 aliphatic heterocycles. The average Bonchev–Trinajstić information content (AvgIpc) is 3.48. The van der Waals surface area contributed by atoms with Gasteiger partial charge in [-0.1, -0.05) is 23.7 Å². The van der Waals surface area contributed by atoms with Gasteiger partial charge >= 0.3 is 0 Å². The third-order valence-electron chi connectivity index (χ3n) is 5.72. The Labute approximate surface area is 204 Å². The van der Waals surface area contributed by atoms with Gasteiger partial charge in [-0.15, -0.1) is 0 Å². The molecular formula is C26H27ClN4O3. The number of carbonyl (C=O) groups excluding carboxylic acids is 1. The molecule has 8 heteroatoms. The molecule has 2 heterocycles. The number of hydrogen-bond acceptors (Lipinski definition) is 4. The SMILES string of the molecule is COc1ccc(CCN(C)C(=O)c2cc(-c3cccn3C)nn2-c2cccc(Cl)c2)cc1OC. The maximum atomic E-state index is 13.5. The number of aromatic nitrogens is 3. The molecule has 0 aliphatic rings. The van der Waals surface area contributed by atoms with Crippen molar-refractivity contribution >= 4 is 17.5 Å². The van der Waals surface area contributed by atoms with Gasteiger partial charge in [0.25, 0.3) is 5.91 Å². The van der Waals surface area contributed by atoms with Gasteiger partial charge in [0.2, 0.25) is 0 Å². The summed E-state index contributed by atoms with van der Waals surface area (Å²) >= 11 is 6.22. The van der Waals surface area contributed by atoms with Crippen LogP contribution < -0.4 is 9.47 Å². The molecule has 176 valence electrons. The summed E-state index contributed by atoms with van der Waals surface area (Å²) in [6, 6.07) is 18.8. The Hall–Kier alpha value is -3.71. The van der Waals surface area contributed by atoms with Crippen molar-refractivity contribution in [3.8, 4) is 28.6 Å². The van der Waals surface area contributed by atoms with E-state index in [1.54, 1.807) is 43.0 Å². The standard InChI is InChI=1S/C26H27ClN4O3/c1-29-13-6-9-22(29)21-17-23(31(28-21)20-8-5-7-19(27)16-20)26(32)30(2)14-12-18-10-11-24(33-3)25(15-18)34-4/h5-11,13,15-17H,12,14H2,1-4H3. The highest BCUT2D eigenvalue weighted by Crippen LogP contribution is 2.28. The van der Waals surface area contributed by atoms with Gasteiger partial charge in [-0.3, -0.25) is 4.79 Å². The van der Waals surface area contributed by atoms with Gasteiger partial charge in [0.1, 0.15) is 11.4 Å². The number of amides is 1. The highest BCUT2D eigenvalue weighted by Gasteiger charge is 2.22. The lowest BCUT2D eigenvalue weighted by atomic mass is 10.1. The largest absolute Gasteiger partial charge is 0.493 e. The minimum absolute atomic E-state index is 0.131. The summed E-state index contributed by atoms with van der Waals surface area (Å²) in [7, 11) is 6.96. The first-order valence-electron chi connectivity index (χ1n) is 10.9. The first kappa shape index (κ1) is 23.4. The van der Waals surface area contributed by atoms with Crippen molar-refractivity contribution in [2.45, 2.75) is 6.42 Å². The Balaban J connectivity index is 1.61. The molecule has 2 aromatic carbocycles. The van der Waals surface area contributed by atoms with Crippen LogP contribution in [0.1, 0.15) is 16.1 Å². The van der Waals surface area contributed by atoms with Gasteiger partial charge < -0.3 is 18.9 Å². The van der Waals surface area contributed by atoms with Gasteiger partial charge in [-0.2, -0.15) is 5.10 Å². The van der Waals surface area contributed by atoms with Crippen molar-refractivity contribution < 1.29 is 14.3 Å². The first-order valence-corrected chi connectivity index (χ1v) is 11.2. The topological polar surface area (TPSA) is 61.5 Å². The summed E-state index contributed by atoms with van der Waals surface area (Å²) in [5, 5.41) is 5.33. The molecule has 0 atom stereocenters. The Morgan fingerprint density at radius 3 is 2.50 bits per heavy atom. The fourth-order valence-corrected chi connectivity index (χ4v) is 4.01. The zero-order valence-electron chi connectivity index (χ0n) is 19.7. The first-order chi connectivity index (χ1) is 16.4. The summed E-state index contributed by atoms with van der Waals surface area (Å²) in [4.78, 5) is 15.2. The molecule has 0 saturated heterocycles. The molecule has 0 bridgehead atoms. The van der Waals surface area contributed by atoms with Gasteiger partial charge in [0, 0.05) is 31.9 Å². The predicted octanol–water partition coefficient (Wildman–Crippen LogP) is 4.86. The average molecular weight is 479 g/mol. The molecule has 0 N–H and O–H groups in total. The minimum atomic E-state index is -0.131. The summed E-state index contributed by atoms with van der Waals surface area (Å²) in [6.45, 7) is 0.522. The van der Waals surface area contributed by atoms with Crippen LogP contribution in [-0.2, 0) is 13.5 Å². The Morgan fingerprint density at radius 2 is 1.82 bits per heavy atom. The van der Waals surface area contributed by atoms with Crippen molar-refractivity contribution in [3.05, 3.63) is 83.1 Å². The van der Waals surface area contributed by atoms with E-state index in [0.29, 0.717) is 40.9 Å². The number of benzene rings is 2. The number of carbonyl (C=O) groups is 1. The molecule has 4 rings (SSSR count). The van der Waals surface area contributed by atoms with E-state index in [0.717, 1.165) is 16.9 Å². The van der Waals surface area contributed by atoms with E-state index in [2.05, 4.69) is 0 Å². The number of methoxy groups -OCH3 is 2. The van der Waals surface area contributed by atoms with Crippen molar-refractivity contribution in [3.63, 3.8) is 0 Å². The highest BCUT2D eigenvalue weighted by molar-refractivity contribution is 6.30. The van der Waals surface area contributed by atoms with Gasteiger partial charge in [-0.05, 0) is 60.5 Å². The van der Waals surface area contributed by atoms with Crippen LogP contribution in [-0.4, -0.2) is 53.0 Å². The highest BCUT2D eigenvalue weighted by atomic mass is 35.5. The molecule has 0 radical (unpaired) electrons. The molecule has 7 nitrogen and oxygen atoms in total. The fraction of sp³-hybridized carbons (Fsp3) is 0.231. The van der Waals surface area contributed by atoms with E-state index in [9.17, 15) is 4.79 Å². The number of halogens is 1. The van der Waals surface area contributed by atoms with Crippen LogP contribution in [0.15, 0.2) is 66.9 Å². The van der Waals surface area contributed by atoms with E-state index in [1.807, 2.05) is 66.3 Å². The Bertz CT molecular complexity index is 1310. The molecular weight excluding hydrogens is 452 g/mol. The number of hydrogen-bond donors (Lipinski definition) is 0. The summed E-state index contributed by atoms with van der Waals surface area (Å²) in [5.41, 5.74) is 3.87. The third-order valence-corrected chi connectivity index (χ3v) is 5.95. The Kier molecular flexibility index (Phi) is 6.93. The summed E-state index contributed by atoms with van der Waals surface area (Å²) in [6.07, 6.45) is 2.61. The molecule has 34 heavy (non-hydrogen) atoms. The second-order valence-electron chi connectivity index (χ2n) is 7.98. The van der Waals surface area contributed by atoms with Crippen molar-refractivity contribution in [1.29, 1.82) is 0 Å². The molecule has 0 saturated carbocycles. The molecule has 0 unspecified atom stereocenters. The second kappa shape index (κ2) is 10.1.